The molecule has 6 nitrogen and oxygen atoms in total. The number of methoxy groups -OCH3 is 1. The Balaban J connectivity index is 0.00000105. The van der Waals surface area contributed by atoms with Gasteiger partial charge in [-0.05, 0) is 12.8 Å². The van der Waals surface area contributed by atoms with Crippen molar-refractivity contribution in [2.24, 2.45) is 0 Å². The lowest BCUT2D eigenvalue weighted by atomic mass is 10.2. The molecule has 0 atom stereocenters. The minimum atomic E-state index is -4.19. The highest BCUT2D eigenvalue weighted by Gasteiger charge is 2.27. The van der Waals surface area contributed by atoms with Crippen LogP contribution in [0.3, 0.4) is 0 Å². The van der Waals surface area contributed by atoms with Crippen molar-refractivity contribution in [1.82, 2.24) is 14.5 Å². The van der Waals surface area contributed by atoms with Crippen molar-refractivity contribution in [3.05, 3.63) is 35.7 Å². The molecule has 9 heteroatoms. The highest BCUT2D eigenvalue weighted by molar-refractivity contribution is 5.47. The first-order chi connectivity index (χ1) is 12.3. The summed E-state index contributed by atoms with van der Waals surface area (Å²) in [6, 6.07) is 1.56. The lowest BCUT2D eigenvalue weighted by Gasteiger charge is -2.13. The first kappa shape index (κ1) is 21.4. The van der Waals surface area contributed by atoms with Crippen LogP contribution in [0.15, 0.2) is 18.5 Å². The van der Waals surface area contributed by atoms with Crippen molar-refractivity contribution >= 4 is 6.15 Å². The zero-order chi connectivity index (χ0) is 19.7. The van der Waals surface area contributed by atoms with E-state index in [0.717, 1.165) is 24.4 Å². The molecule has 0 aliphatic heterocycles. The fourth-order valence-electron chi connectivity index (χ4n) is 2.32. The molecule has 0 amide bonds. The Hall–Kier alpha value is -2.67. The van der Waals surface area contributed by atoms with Gasteiger partial charge in [0.15, 0.2) is 0 Å². The molecule has 0 unspecified atom stereocenters. The third kappa shape index (κ3) is 6.00. The second-order valence-corrected chi connectivity index (χ2v) is 5.27. The molecule has 2 rings (SSSR count). The predicted molar refractivity (Wildman–Crippen MR) is 86.1 cm³/mol. The highest BCUT2D eigenvalue weighted by Crippen LogP contribution is 2.27. The molecule has 0 spiro atoms. The van der Waals surface area contributed by atoms with E-state index in [-0.39, 0.29) is 12.6 Å². The maximum atomic E-state index is 12.3. The van der Waals surface area contributed by atoms with Crippen LogP contribution in [0.5, 0.6) is 5.75 Å². The van der Waals surface area contributed by atoms with Gasteiger partial charge in [0.2, 0.25) is 0 Å². The van der Waals surface area contributed by atoms with Gasteiger partial charge in [-0.3, -0.25) is 9.55 Å². The molecular weight excluding hydrogens is 351 g/mol. The molecule has 2 aromatic heterocycles. The van der Waals surface area contributed by atoms with Gasteiger partial charge in [-0.25, -0.2) is 4.98 Å². The van der Waals surface area contributed by atoms with E-state index in [0.29, 0.717) is 17.1 Å². The van der Waals surface area contributed by atoms with Gasteiger partial charge in [0.05, 0.1) is 19.0 Å². The van der Waals surface area contributed by atoms with Crippen molar-refractivity contribution in [3.63, 3.8) is 0 Å². The van der Waals surface area contributed by atoms with Crippen LogP contribution in [0.2, 0.25) is 0 Å². The Morgan fingerprint density at radius 3 is 2.35 bits per heavy atom. The van der Waals surface area contributed by atoms with Gasteiger partial charge in [-0.2, -0.15) is 22.8 Å². The van der Waals surface area contributed by atoms with Crippen molar-refractivity contribution in [1.29, 1.82) is 0 Å². The maximum absolute atomic E-state index is 12.3. The van der Waals surface area contributed by atoms with E-state index in [9.17, 15) is 13.2 Å². The van der Waals surface area contributed by atoms with Crippen LogP contribution in [0.25, 0.3) is 5.69 Å². The zero-order valence-corrected chi connectivity index (χ0v) is 14.8. The van der Waals surface area contributed by atoms with Crippen molar-refractivity contribution in [2.45, 2.75) is 45.7 Å². The first-order valence-corrected chi connectivity index (χ1v) is 7.96. The Morgan fingerprint density at radius 1 is 1.19 bits per heavy atom. The summed E-state index contributed by atoms with van der Waals surface area (Å²) < 4.78 is 44.2. The molecule has 26 heavy (non-hydrogen) atoms. The summed E-state index contributed by atoms with van der Waals surface area (Å²) in [6.45, 7) is 4.01. The van der Waals surface area contributed by atoms with Gasteiger partial charge in [0.1, 0.15) is 17.3 Å². The van der Waals surface area contributed by atoms with Crippen molar-refractivity contribution in [2.75, 3.05) is 7.11 Å². The summed E-state index contributed by atoms with van der Waals surface area (Å²) in [5, 5.41) is 0. The van der Waals surface area contributed by atoms with Crippen LogP contribution in [0.4, 0.5) is 13.2 Å². The number of hydrogen-bond donors (Lipinski definition) is 0. The molecule has 2 heterocycles. The fraction of sp³-hybridized carbons (Fsp3) is 0.471. The van der Waals surface area contributed by atoms with E-state index >= 15 is 0 Å². The number of pyridine rings is 1. The topological polar surface area (TPSA) is 74.1 Å². The van der Waals surface area contributed by atoms with Gasteiger partial charge >= 0.3 is 12.3 Å². The largest absolute Gasteiger partial charge is 0.494 e. The molecule has 0 N–H and O–H groups in total. The maximum Gasteiger partial charge on any atom is 0.389 e. The SMILES string of the molecule is CCc1cn(-c2cnc(CCC(F)(F)F)cc2OC)c(CC)n1.O=C=O. The average molecular weight is 371 g/mol. The van der Waals surface area contributed by atoms with Gasteiger partial charge in [-0.1, -0.05) is 13.8 Å². The number of aryl methyl sites for hydroxylation is 3. The Kier molecular flexibility index (Phi) is 7.99. The predicted octanol–water partition coefficient (Wildman–Crippen LogP) is 3.31. The van der Waals surface area contributed by atoms with Gasteiger partial charge < -0.3 is 4.74 Å². The molecule has 142 valence electrons. The quantitative estimate of drug-likeness (QED) is 0.779. The molecular formula is C17H20F3N3O3. The molecule has 0 aliphatic carbocycles. The monoisotopic (exact) mass is 371 g/mol. The summed E-state index contributed by atoms with van der Waals surface area (Å²) in [5.41, 5.74) is 1.99. The van der Waals surface area contributed by atoms with Gasteiger partial charge in [0.25, 0.3) is 0 Å². The Labute approximate surface area is 149 Å². The molecule has 0 bridgehead atoms. The van der Waals surface area contributed by atoms with Crippen molar-refractivity contribution < 1.29 is 27.5 Å². The van der Waals surface area contributed by atoms with E-state index < -0.39 is 12.6 Å². The van der Waals surface area contributed by atoms with E-state index in [1.165, 1.54) is 7.11 Å². The molecule has 0 fully saturated rings. The number of alkyl halides is 3. The normalized spacial score (nSPS) is 10.7. The number of hydrogen-bond acceptors (Lipinski definition) is 5. The zero-order valence-electron chi connectivity index (χ0n) is 14.8. The molecule has 2 aromatic rings. The molecule has 0 saturated carbocycles. The highest BCUT2D eigenvalue weighted by atomic mass is 19.4. The summed E-state index contributed by atoms with van der Waals surface area (Å²) >= 11 is 0. The van der Waals surface area contributed by atoms with Crippen molar-refractivity contribution in [3.8, 4) is 11.4 Å². The van der Waals surface area contributed by atoms with Crippen LogP contribution in [0, 0.1) is 0 Å². The van der Waals surface area contributed by atoms with Crippen LogP contribution < -0.4 is 4.74 Å². The van der Waals surface area contributed by atoms with E-state index in [2.05, 4.69) is 9.97 Å². The minimum absolute atomic E-state index is 0.162. The summed E-state index contributed by atoms with van der Waals surface area (Å²) in [6.07, 6.45) is -0.00100. The number of nitrogens with zero attached hydrogens (tertiary/aromatic N) is 3. The number of carbonyl (C=O) groups excluding carboxylic acids is 2. The average Bonchev–Trinajstić information content (AvgIpc) is 3.03. The molecule has 0 saturated heterocycles. The second-order valence-electron chi connectivity index (χ2n) is 5.27. The van der Waals surface area contributed by atoms with Gasteiger partial charge in [0, 0.05) is 30.8 Å². The van der Waals surface area contributed by atoms with Crippen LogP contribution >= 0.6 is 0 Å². The van der Waals surface area contributed by atoms with Crippen LogP contribution in [-0.2, 0) is 28.9 Å². The van der Waals surface area contributed by atoms with E-state index in [1.54, 1.807) is 12.3 Å². The first-order valence-electron chi connectivity index (χ1n) is 7.96. The fourth-order valence-corrected chi connectivity index (χ4v) is 2.32. The van der Waals surface area contributed by atoms with E-state index in [4.69, 9.17) is 14.3 Å². The summed E-state index contributed by atoms with van der Waals surface area (Å²) in [4.78, 5) is 24.9. The smallest absolute Gasteiger partial charge is 0.389 e. The van der Waals surface area contributed by atoms with E-state index in [1.807, 2.05) is 24.6 Å². The minimum Gasteiger partial charge on any atom is -0.494 e. The Morgan fingerprint density at radius 2 is 1.85 bits per heavy atom. The lowest BCUT2D eigenvalue weighted by molar-refractivity contribution is -0.191. The number of halogens is 3. The third-order valence-electron chi connectivity index (χ3n) is 3.55. The van der Waals surface area contributed by atoms with Crippen LogP contribution in [0.1, 0.15) is 37.5 Å². The second kappa shape index (κ2) is 9.72. The lowest BCUT2D eigenvalue weighted by Crippen LogP contribution is -2.10. The van der Waals surface area contributed by atoms with Gasteiger partial charge in [-0.15, -0.1) is 0 Å². The molecule has 0 aliphatic rings. The van der Waals surface area contributed by atoms with Crippen LogP contribution in [-0.4, -0.2) is 34.0 Å². The summed E-state index contributed by atoms with van der Waals surface area (Å²) in [7, 11) is 1.50. The molecule has 0 radical (unpaired) electrons. The Bertz CT molecular complexity index is 751. The summed E-state index contributed by atoms with van der Waals surface area (Å²) in [5.74, 6) is 1.36. The number of aromatic nitrogens is 3. The standard InChI is InChI=1S/C16H20F3N3O.CO2/c1-4-11-10-22(15(5-2)21-11)13-9-20-12(8-14(13)23-3)6-7-16(17,18)19;2-1-3/h8-10H,4-7H2,1-3H3;. The third-order valence-corrected chi connectivity index (χ3v) is 3.55. The molecule has 0 aromatic carbocycles. The number of ether oxygens (including phenoxy) is 1. The number of rotatable bonds is 6. The number of imidazole rings is 1.